The summed E-state index contributed by atoms with van der Waals surface area (Å²) >= 11 is 0. The van der Waals surface area contributed by atoms with E-state index >= 15 is 0 Å². The molecule has 0 aromatic carbocycles. The van der Waals surface area contributed by atoms with Crippen LogP contribution in [0, 0.1) is 0 Å². The summed E-state index contributed by atoms with van der Waals surface area (Å²) in [6, 6.07) is 0. The van der Waals surface area contributed by atoms with Crippen molar-refractivity contribution in [2.45, 2.75) is 25.9 Å². The van der Waals surface area contributed by atoms with Crippen molar-refractivity contribution in [2.24, 2.45) is 0 Å². The van der Waals surface area contributed by atoms with E-state index in [0.29, 0.717) is 0 Å². The van der Waals surface area contributed by atoms with Gasteiger partial charge in [-0.25, -0.2) is 0 Å². The molecule has 0 saturated heterocycles. The lowest BCUT2D eigenvalue weighted by atomic mass is 10.1. The van der Waals surface area contributed by atoms with Gasteiger partial charge in [-0.05, 0) is 6.92 Å². The Morgan fingerprint density at radius 2 is 1.92 bits per heavy atom. The summed E-state index contributed by atoms with van der Waals surface area (Å²) < 4.78 is 9.20. The second-order valence-electron chi connectivity index (χ2n) is 2.54. The van der Waals surface area contributed by atoms with Crippen molar-refractivity contribution in [1.82, 2.24) is 0 Å². The quantitative estimate of drug-likeness (QED) is 0.451. The van der Waals surface area contributed by atoms with Gasteiger partial charge in [-0.15, -0.1) is 0 Å². The third-order valence-electron chi connectivity index (χ3n) is 1.49. The number of ketones is 1. The third-order valence-corrected chi connectivity index (χ3v) is 1.49. The highest BCUT2D eigenvalue weighted by Gasteiger charge is 2.12. The molecule has 0 aromatic heterocycles. The van der Waals surface area contributed by atoms with Crippen LogP contribution in [0.1, 0.15) is 19.8 Å². The van der Waals surface area contributed by atoms with Crippen LogP contribution < -0.4 is 0 Å². The van der Waals surface area contributed by atoms with Crippen LogP contribution in [0.25, 0.3) is 0 Å². The summed E-state index contributed by atoms with van der Waals surface area (Å²) in [6.07, 6.45) is -0.0438. The fraction of sp³-hybridized carbons (Fsp3) is 0.750. The topological polar surface area (TPSA) is 52.6 Å². The molecule has 0 heterocycles. The minimum atomic E-state index is -0.497. The van der Waals surface area contributed by atoms with Crippen LogP contribution in [0.15, 0.2) is 0 Å². The van der Waals surface area contributed by atoms with Crippen molar-refractivity contribution in [3.05, 3.63) is 0 Å². The summed E-state index contributed by atoms with van der Waals surface area (Å²) in [5.41, 5.74) is 0. The Balaban J connectivity index is 3.66. The van der Waals surface area contributed by atoms with Gasteiger partial charge >= 0.3 is 5.97 Å². The van der Waals surface area contributed by atoms with Crippen molar-refractivity contribution in [3.8, 4) is 0 Å². The van der Waals surface area contributed by atoms with E-state index in [1.807, 2.05) is 0 Å². The zero-order valence-electron chi connectivity index (χ0n) is 7.62. The van der Waals surface area contributed by atoms with Crippen LogP contribution in [0.4, 0.5) is 0 Å². The van der Waals surface area contributed by atoms with Crippen LogP contribution in [-0.2, 0) is 19.1 Å². The number of methoxy groups -OCH3 is 2. The summed E-state index contributed by atoms with van der Waals surface area (Å²) in [6.45, 7) is 1.77. The van der Waals surface area contributed by atoms with Crippen molar-refractivity contribution in [3.63, 3.8) is 0 Å². The van der Waals surface area contributed by atoms with Gasteiger partial charge in [-0.3, -0.25) is 9.59 Å². The van der Waals surface area contributed by atoms with Gasteiger partial charge in [0.1, 0.15) is 12.2 Å². The highest BCUT2D eigenvalue weighted by molar-refractivity contribution is 5.95. The molecule has 0 aliphatic carbocycles. The molecule has 1 atom stereocenters. The SMILES string of the molecule is COC(=O)CC(=O)CC(C)OC. The lowest BCUT2D eigenvalue weighted by Crippen LogP contribution is -2.16. The summed E-state index contributed by atoms with van der Waals surface area (Å²) in [5, 5.41) is 0. The molecule has 0 aromatic rings. The van der Waals surface area contributed by atoms with E-state index in [2.05, 4.69) is 4.74 Å². The molecule has 0 saturated carbocycles. The zero-order valence-corrected chi connectivity index (χ0v) is 7.62. The molecular weight excluding hydrogens is 160 g/mol. The molecule has 0 fully saturated rings. The van der Waals surface area contributed by atoms with E-state index in [0.717, 1.165) is 0 Å². The second-order valence-corrected chi connectivity index (χ2v) is 2.54. The molecule has 0 amide bonds. The monoisotopic (exact) mass is 174 g/mol. The molecule has 4 nitrogen and oxygen atoms in total. The van der Waals surface area contributed by atoms with E-state index in [1.54, 1.807) is 6.92 Å². The number of esters is 1. The predicted molar refractivity (Wildman–Crippen MR) is 42.7 cm³/mol. The fourth-order valence-corrected chi connectivity index (χ4v) is 0.709. The molecule has 0 bridgehead atoms. The predicted octanol–water partition coefficient (Wildman–Crippen LogP) is 0.544. The van der Waals surface area contributed by atoms with Gasteiger partial charge in [-0.2, -0.15) is 0 Å². The Bertz CT molecular complexity index is 164. The Hall–Kier alpha value is -0.900. The molecular formula is C8H14O4. The van der Waals surface area contributed by atoms with Crippen LogP contribution in [0.2, 0.25) is 0 Å². The third kappa shape index (κ3) is 4.85. The first-order valence-electron chi connectivity index (χ1n) is 3.71. The second kappa shape index (κ2) is 5.71. The Morgan fingerprint density at radius 1 is 1.33 bits per heavy atom. The normalized spacial score (nSPS) is 12.2. The molecule has 0 spiro atoms. The van der Waals surface area contributed by atoms with Crippen LogP contribution in [-0.4, -0.2) is 32.1 Å². The first-order chi connectivity index (χ1) is 5.60. The zero-order chi connectivity index (χ0) is 9.56. The lowest BCUT2D eigenvalue weighted by Gasteiger charge is -2.06. The highest BCUT2D eigenvalue weighted by Crippen LogP contribution is 1.99. The first-order valence-corrected chi connectivity index (χ1v) is 3.71. The van der Waals surface area contributed by atoms with Gasteiger partial charge in [0.15, 0.2) is 0 Å². The molecule has 0 aliphatic rings. The largest absolute Gasteiger partial charge is 0.469 e. The summed E-state index contributed by atoms with van der Waals surface area (Å²) in [7, 11) is 2.78. The summed E-state index contributed by atoms with van der Waals surface area (Å²) in [4.78, 5) is 21.6. The molecule has 4 heteroatoms. The molecule has 0 aliphatic heterocycles. The fourth-order valence-electron chi connectivity index (χ4n) is 0.709. The number of rotatable bonds is 5. The van der Waals surface area contributed by atoms with Crippen LogP contribution in [0.3, 0.4) is 0 Å². The molecule has 0 N–H and O–H groups in total. The molecule has 70 valence electrons. The van der Waals surface area contributed by atoms with E-state index in [4.69, 9.17) is 4.74 Å². The number of Topliss-reactive ketones (excluding diaryl/α,β-unsaturated/α-hetero) is 1. The van der Waals surface area contributed by atoms with Gasteiger partial charge in [0.05, 0.1) is 13.2 Å². The van der Waals surface area contributed by atoms with Crippen LogP contribution >= 0.6 is 0 Å². The van der Waals surface area contributed by atoms with Gasteiger partial charge in [0.25, 0.3) is 0 Å². The maximum Gasteiger partial charge on any atom is 0.313 e. The Labute approximate surface area is 71.8 Å². The van der Waals surface area contributed by atoms with Crippen LogP contribution in [0.5, 0.6) is 0 Å². The van der Waals surface area contributed by atoms with Crippen molar-refractivity contribution >= 4 is 11.8 Å². The number of carbonyl (C=O) groups is 2. The maximum absolute atomic E-state index is 11.0. The first kappa shape index (κ1) is 11.1. The molecule has 1 unspecified atom stereocenters. The number of carbonyl (C=O) groups excluding carboxylic acids is 2. The standard InChI is InChI=1S/C8H14O4/c1-6(11-2)4-7(9)5-8(10)12-3/h6H,4-5H2,1-3H3. The van der Waals surface area contributed by atoms with Crippen molar-refractivity contribution < 1.29 is 19.1 Å². The summed E-state index contributed by atoms with van der Waals surface area (Å²) in [5.74, 6) is -0.653. The number of hydrogen-bond donors (Lipinski definition) is 0. The van der Waals surface area contributed by atoms with E-state index < -0.39 is 5.97 Å². The smallest absolute Gasteiger partial charge is 0.313 e. The maximum atomic E-state index is 11.0. The minimum absolute atomic E-state index is 0.137. The molecule has 0 radical (unpaired) electrons. The number of ether oxygens (including phenoxy) is 2. The lowest BCUT2D eigenvalue weighted by molar-refractivity contribution is -0.143. The van der Waals surface area contributed by atoms with Crippen molar-refractivity contribution in [1.29, 1.82) is 0 Å². The minimum Gasteiger partial charge on any atom is -0.469 e. The number of hydrogen-bond acceptors (Lipinski definition) is 4. The van der Waals surface area contributed by atoms with Gasteiger partial charge in [0, 0.05) is 13.5 Å². The van der Waals surface area contributed by atoms with E-state index in [9.17, 15) is 9.59 Å². The average Bonchev–Trinajstić information content (AvgIpc) is 2.03. The van der Waals surface area contributed by atoms with Gasteiger partial charge in [-0.1, -0.05) is 0 Å². The molecule has 12 heavy (non-hydrogen) atoms. The highest BCUT2D eigenvalue weighted by atomic mass is 16.5. The van der Waals surface area contributed by atoms with Gasteiger partial charge in [0.2, 0.25) is 0 Å². The average molecular weight is 174 g/mol. The van der Waals surface area contributed by atoms with E-state index in [1.165, 1.54) is 14.2 Å². The molecule has 0 rings (SSSR count). The Kier molecular flexibility index (Phi) is 5.28. The van der Waals surface area contributed by atoms with Gasteiger partial charge < -0.3 is 9.47 Å². The van der Waals surface area contributed by atoms with E-state index in [-0.39, 0.29) is 24.7 Å². The Morgan fingerprint density at radius 3 is 2.33 bits per heavy atom. The van der Waals surface area contributed by atoms with Crippen molar-refractivity contribution in [2.75, 3.05) is 14.2 Å².